The Bertz CT molecular complexity index is 466. The minimum absolute atomic E-state index is 0.176. The van der Waals surface area contributed by atoms with Crippen LogP contribution in [0.4, 0.5) is 17.8 Å². The van der Waals surface area contributed by atoms with E-state index in [0.29, 0.717) is 24.4 Å². The van der Waals surface area contributed by atoms with Crippen molar-refractivity contribution in [3.63, 3.8) is 0 Å². The first kappa shape index (κ1) is 14.8. The van der Waals surface area contributed by atoms with Gasteiger partial charge >= 0.3 is 0 Å². The van der Waals surface area contributed by atoms with E-state index in [2.05, 4.69) is 27.2 Å². The summed E-state index contributed by atoms with van der Waals surface area (Å²) in [6.07, 6.45) is 3.86. The highest BCUT2D eigenvalue weighted by atomic mass is 16.3. The summed E-state index contributed by atoms with van der Waals surface area (Å²) in [5, 5.41) is 13.7. The fourth-order valence-corrected chi connectivity index (χ4v) is 2.70. The summed E-state index contributed by atoms with van der Waals surface area (Å²) in [4.78, 5) is 14.1. The van der Waals surface area contributed by atoms with E-state index in [1.54, 1.807) is 4.90 Å². The van der Waals surface area contributed by atoms with Crippen LogP contribution in [0, 0.1) is 5.92 Å². The van der Waals surface area contributed by atoms with Crippen molar-refractivity contribution in [3.05, 3.63) is 0 Å². The molecular weight excluding hydrogens is 256 g/mol. The number of rotatable bonds is 4. The Labute approximate surface area is 119 Å². The Morgan fingerprint density at radius 1 is 1.40 bits per heavy atom. The van der Waals surface area contributed by atoms with E-state index in [-0.39, 0.29) is 5.95 Å². The third-order valence-corrected chi connectivity index (χ3v) is 3.68. The van der Waals surface area contributed by atoms with Crippen LogP contribution >= 0.6 is 0 Å². The first-order valence-electron chi connectivity index (χ1n) is 7.03. The summed E-state index contributed by atoms with van der Waals surface area (Å²) >= 11 is 0. The molecule has 1 saturated carbocycles. The van der Waals surface area contributed by atoms with Crippen LogP contribution in [0.15, 0.2) is 0 Å². The maximum Gasteiger partial charge on any atom is 0.231 e. The maximum atomic E-state index is 10.6. The maximum absolute atomic E-state index is 10.6. The van der Waals surface area contributed by atoms with Crippen molar-refractivity contribution in [3.8, 4) is 0 Å². The number of nitrogens with one attached hydrogen (secondary N) is 1. The first-order valence-corrected chi connectivity index (χ1v) is 7.03. The van der Waals surface area contributed by atoms with Crippen LogP contribution in [-0.4, -0.2) is 46.3 Å². The van der Waals surface area contributed by atoms with Crippen LogP contribution < -0.4 is 16.0 Å². The molecule has 20 heavy (non-hydrogen) atoms. The van der Waals surface area contributed by atoms with Crippen molar-refractivity contribution < 1.29 is 5.11 Å². The van der Waals surface area contributed by atoms with Gasteiger partial charge in [0.2, 0.25) is 17.8 Å². The second-order valence-corrected chi connectivity index (χ2v) is 5.99. The summed E-state index contributed by atoms with van der Waals surface area (Å²) in [5.41, 5.74) is 4.99. The molecule has 1 heterocycles. The summed E-state index contributed by atoms with van der Waals surface area (Å²) in [5.74, 6) is 1.64. The van der Waals surface area contributed by atoms with Crippen LogP contribution in [0.3, 0.4) is 0 Å². The molecule has 1 fully saturated rings. The Hall–Kier alpha value is -1.63. The van der Waals surface area contributed by atoms with Crippen molar-refractivity contribution in [1.29, 1.82) is 0 Å². The van der Waals surface area contributed by atoms with E-state index < -0.39 is 5.60 Å². The molecular formula is C13H24N6O. The molecule has 0 aliphatic heterocycles. The third kappa shape index (κ3) is 3.69. The molecule has 2 unspecified atom stereocenters. The van der Waals surface area contributed by atoms with Crippen LogP contribution in [-0.2, 0) is 0 Å². The van der Waals surface area contributed by atoms with E-state index in [1.807, 2.05) is 14.1 Å². The normalized spacial score (nSPS) is 26.3. The van der Waals surface area contributed by atoms with Crippen molar-refractivity contribution in [2.24, 2.45) is 5.92 Å². The summed E-state index contributed by atoms with van der Waals surface area (Å²) in [6.45, 7) is 2.61. The van der Waals surface area contributed by atoms with Crippen molar-refractivity contribution in [2.45, 2.75) is 38.2 Å². The molecule has 1 aliphatic carbocycles. The molecule has 7 nitrogen and oxygen atoms in total. The number of hydrogen-bond acceptors (Lipinski definition) is 7. The number of aromatic nitrogens is 3. The topological polar surface area (TPSA) is 100 Å². The van der Waals surface area contributed by atoms with E-state index in [9.17, 15) is 5.11 Å². The van der Waals surface area contributed by atoms with Gasteiger partial charge in [0.1, 0.15) is 0 Å². The van der Waals surface area contributed by atoms with E-state index >= 15 is 0 Å². The lowest BCUT2D eigenvalue weighted by Crippen LogP contribution is -2.41. The average molecular weight is 280 g/mol. The van der Waals surface area contributed by atoms with Gasteiger partial charge in [0.25, 0.3) is 0 Å². The first-order chi connectivity index (χ1) is 9.38. The molecule has 0 spiro atoms. The lowest BCUT2D eigenvalue weighted by molar-refractivity contribution is -0.000897. The summed E-state index contributed by atoms with van der Waals surface area (Å²) in [6, 6.07) is 0. The molecule has 2 atom stereocenters. The van der Waals surface area contributed by atoms with Crippen LogP contribution in [0.25, 0.3) is 0 Å². The van der Waals surface area contributed by atoms with Gasteiger partial charge in [-0.15, -0.1) is 0 Å². The fourth-order valence-electron chi connectivity index (χ4n) is 2.70. The molecule has 0 radical (unpaired) electrons. The largest absolute Gasteiger partial charge is 0.388 e. The molecule has 0 amide bonds. The monoisotopic (exact) mass is 280 g/mol. The molecule has 0 bridgehead atoms. The van der Waals surface area contributed by atoms with Crippen molar-refractivity contribution in [2.75, 3.05) is 36.6 Å². The Morgan fingerprint density at radius 3 is 2.80 bits per heavy atom. The predicted molar refractivity (Wildman–Crippen MR) is 79.6 cm³/mol. The third-order valence-electron chi connectivity index (χ3n) is 3.68. The molecule has 1 aromatic rings. The predicted octanol–water partition coefficient (Wildman–Crippen LogP) is 0.873. The molecule has 1 aromatic heterocycles. The second kappa shape index (κ2) is 5.78. The van der Waals surface area contributed by atoms with E-state index in [1.165, 1.54) is 6.42 Å². The number of nitrogen functional groups attached to an aromatic ring is 1. The number of nitrogens with zero attached hydrogens (tertiary/aromatic N) is 4. The molecule has 4 N–H and O–H groups in total. The fraction of sp³-hybridized carbons (Fsp3) is 0.769. The van der Waals surface area contributed by atoms with Gasteiger partial charge in [0.05, 0.1) is 5.60 Å². The minimum atomic E-state index is -0.683. The molecule has 7 heteroatoms. The van der Waals surface area contributed by atoms with Crippen molar-refractivity contribution >= 4 is 17.8 Å². The SMILES string of the molecule is CC1CCCC(O)(CNc2nc(N)nc(N(C)C)n2)C1. The zero-order valence-electron chi connectivity index (χ0n) is 12.4. The minimum Gasteiger partial charge on any atom is -0.388 e. The standard InChI is InChI=1S/C13H24N6O/c1-9-5-4-6-13(20,7-9)8-15-11-16-10(14)17-12(18-11)19(2)3/h9,20H,4-8H2,1-3H3,(H3,14,15,16,17,18). The highest BCUT2D eigenvalue weighted by Gasteiger charge is 2.32. The van der Waals surface area contributed by atoms with Gasteiger partial charge in [0.15, 0.2) is 0 Å². The van der Waals surface area contributed by atoms with Crippen LogP contribution in [0.5, 0.6) is 0 Å². The van der Waals surface area contributed by atoms with Crippen molar-refractivity contribution in [1.82, 2.24) is 15.0 Å². The number of anilines is 3. The summed E-state index contributed by atoms with van der Waals surface area (Å²) < 4.78 is 0. The molecule has 2 rings (SSSR count). The van der Waals surface area contributed by atoms with Gasteiger partial charge in [-0.1, -0.05) is 19.8 Å². The quantitative estimate of drug-likeness (QED) is 0.752. The lowest BCUT2D eigenvalue weighted by atomic mass is 9.79. The van der Waals surface area contributed by atoms with Crippen LogP contribution in [0.1, 0.15) is 32.6 Å². The lowest BCUT2D eigenvalue weighted by Gasteiger charge is -2.35. The van der Waals surface area contributed by atoms with Gasteiger partial charge in [-0.05, 0) is 18.8 Å². The Balaban J connectivity index is 2.03. The number of nitrogens with two attached hydrogens (primary N) is 1. The molecule has 112 valence electrons. The average Bonchev–Trinajstić information content (AvgIpc) is 2.35. The van der Waals surface area contributed by atoms with Gasteiger partial charge in [0, 0.05) is 20.6 Å². The molecule has 0 aromatic carbocycles. The van der Waals surface area contributed by atoms with Gasteiger partial charge in [-0.2, -0.15) is 15.0 Å². The second-order valence-electron chi connectivity index (χ2n) is 5.99. The van der Waals surface area contributed by atoms with Gasteiger partial charge in [-0.25, -0.2) is 0 Å². The zero-order chi connectivity index (χ0) is 14.8. The van der Waals surface area contributed by atoms with E-state index in [4.69, 9.17) is 5.73 Å². The number of aliphatic hydroxyl groups is 1. The van der Waals surface area contributed by atoms with Gasteiger partial charge < -0.3 is 21.1 Å². The number of hydrogen-bond donors (Lipinski definition) is 3. The van der Waals surface area contributed by atoms with Gasteiger partial charge in [-0.3, -0.25) is 0 Å². The van der Waals surface area contributed by atoms with Crippen LogP contribution in [0.2, 0.25) is 0 Å². The molecule has 1 aliphatic rings. The molecule has 0 saturated heterocycles. The Kier molecular flexibility index (Phi) is 4.27. The Morgan fingerprint density at radius 2 is 2.15 bits per heavy atom. The summed E-state index contributed by atoms with van der Waals surface area (Å²) in [7, 11) is 3.68. The zero-order valence-corrected chi connectivity index (χ0v) is 12.4. The van der Waals surface area contributed by atoms with E-state index in [0.717, 1.165) is 19.3 Å². The highest BCUT2D eigenvalue weighted by Crippen LogP contribution is 2.32. The highest BCUT2D eigenvalue weighted by molar-refractivity contribution is 5.40. The smallest absolute Gasteiger partial charge is 0.231 e.